The first kappa shape index (κ1) is 39.4. The molecule has 0 aliphatic carbocycles. The average Bonchev–Trinajstić information content (AvgIpc) is 3.98. The second-order valence-corrected chi connectivity index (χ2v) is 21.7. The molecule has 0 saturated carbocycles. The zero-order chi connectivity index (χ0) is 45.0. The Bertz CT molecular complexity index is 3810. The summed E-state index contributed by atoms with van der Waals surface area (Å²) in [6.07, 6.45) is 0. The highest BCUT2D eigenvalue weighted by atomic mass is 32.1. The molecular formula is C60H50BN3OS. The third-order valence-electron chi connectivity index (χ3n) is 14.5. The Morgan fingerprint density at radius 1 is 0.530 bits per heavy atom. The molecule has 0 saturated heterocycles. The maximum Gasteiger partial charge on any atom is 0.252 e. The molecule has 3 aromatic heterocycles. The number of anilines is 6. The topological polar surface area (TPSA) is 24.6 Å². The molecule has 0 fully saturated rings. The van der Waals surface area contributed by atoms with Crippen molar-refractivity contribution in [3.8, 4) is 5.69 Å². The summed E-state index contributed by atoms with van der Waals surface area (Å²) in [7, 11) is 0. The van der Waals surface area contributed by atoms with Gasteiger partial charge in [-0.1, -0.05) is 145 Å². The number of nitrogens with zero attached hydrogens (tertiary/aromatic N) is 3. The van der Waals surface area contributed by atoms with Gasteiger partial charge in [0.1, 0.15) is 10.4 Å². The normalized spacial score (nSPS) is 13.4. The Morgan fingerprint density at radius 3 is 1.94 bits per heavy atom. The molecule has 0 N–H and O–H groups in total. The van der Waals surface area contributed by atoms with Crippen molar-refractivity contribution in [2.24, 2.45) is 0 Å². The molecule has 0 atom stereocenters. The fourth-order valence-corrected chi connectivity index (χ4v) is 12.4. The molecule has 13 rings (SSSR count). The van der Waals surface area contributed by atoms with E-state index in [0.717, 1.165) is 50.4 Å². The quantitative estimate of drug-likeness (QED) is 0.165. The van der Waals surface area contributed by atoms with Gasteiger partial charge in [0.05, 0.1) is 11.2 Å². The Hall–Kier alpha value is -7.02. The minimum atomic E-state index is -0.140. The van der Waals surface area contributed by atoms with Gasteiger partial charge in [-0.05, 0) is 118 Å². The number of hydrogen-bond acceptors (Lipinski definition) is 4. The summed E-state index contributed by atoms with van der Waals surface area (Å²) in [6, 6.07) is 59.3. The first-order valence-corrected chi connectivity index (χ1v) is 24.1. The van der Waals surface area contributed by atoms with Crippen LogP contribution in [-0.2, 0) is 10.8 Å². The number of hydrogen-bond donors (Lipinski definition) is 0. The number of thiophene rings is 1. The summed E-state index contributed by atoms with van der Waals surface area (Å²) in [6.45, 7) is 18.3. The fourth-order valence-electron chi connectivity index (χ4n) is 11.2. The molecule has 66 heavy (non-hydrogen) atoms. The molecule has 0 unspecified atom stereocenters. The molecule has 11 aromatic rings. The molecule has 8 aromatic carbocycles. The molecule has 0 bridgehead atoms. The van der Waals surface area contributed by atoms with E-state index >= 15 is 0 Å². The van der Waals surface area contributed by atoms with Crippen molar-refractivity contribution in [3.05, 3.63) is 180 Å². The van der Waals surface area contributed by atoms with Gasteiger partial charge in [0.2, 0.25) is 0 Å². The van der Waals surface area contributed by atoms with E-state index in [-0.39, 0.29) is 17.5 Å². The lowest BCUT2D eigenvalue weighted by molar-refractivity contribution is 0.587. The molecule has 0 radical (unpaired) electrons. The highest BCUT2D eigenvalue weighted by molar-refractivity contribution is 7.26. The van der Waals surface area contributed by atoms with Crippen LogP contribution in [0.2, 0.25) is 0 Å². The van der Waals surface area contributed by atoms with Crippen molar-refractivity contribution >= 4 is 122 Å². The van der Waals surface area contributed by atoms with Crippen LogP contribution in [0.5, 0.6) is 0 Å². The Morgan fingerprint density at radius 2 is 1.20 bits per heavy atom. The summed E-state index contributed by atoms with van der Waals surface area (Å²) in [5.41, 5.74) is 20.0. The Kier molecular flexibility index (Phi) is 8.20. The predicted octanol–water partition coefficient (Wildman–Crippen LogP) is 15.2. The Balaban J connectivity index is 1.17. The highest BCUT2D eigenvalue weighted by Gasteiger charge is 2.44. The molecule has 0 spiro atoms. The number of para-hydroxylation sites is 4. The maximum absolute atomic E-state index is 7.17. The van der Waals surface area contributed by atoms with E-state index in [0.29, 0.717) is 0 Å². The third kappa shape index (κ3) is 5.51. The van der Waals surface area contributed by atoms with Crippen LogP contribution in [-0.4, -0.2) is 11.3 Å². The summed E-state index contributed by atoms with van der Waals surface area (Å²) in [5.74, 6) is 0. The maximum atomic E-state index is 7.17. The van der Waals surface area contributed by atoms with Gasteiger partial charge in [0, 0.05) is 65.8 Å². The van der Waals surface area contributed by atoms with Gasteiger partial charge in [0.15, 0.2) is 5.58 Å². The summed E-state index contributed by atoms with van der Waals surface area (Å²) in [4.78, 5) is 6.32. The highest BCUT2D eigenvalue weighted by Crippen LogP contribution is 2.50. The molecule has 2 aliphatic rings. The molecule has 5 heterocycles. The van der Waals surface area contributed by atoms with Gasteiger partial charge < -0.3 is 18.8 Å². The number of furan rings is 1. The zero-order valence-electron chi connectivity index (χ0n) is 38.7. The van der Waals surface area contributed by atoms with Crippen LogP contribution in [0.1, 0.15) is 63.8 Å². The third-order valence-corrected chi connectivity index (χ3v) is 15.7. The van der Waals surface area contributed by atoms with Crippen LogP contribution < -0.4 is 26.2 Å². The lowest BCUT2D eigenvalue weighted by Crippen LogP contribution is -2.60. The van der Waals surface area contributed by atoms with Crippen LogP contribution in [0.15, 0.2) is 162 Å². The van der Waals surface area contributed by atoms with Crippen LogP contribution in [0, 0.1) is 13.8 Å². The van der Waals surface area contributed by atoms with Crippen molar-refractivity contribution in [1.29, 1.82) is 0 Å². The van der Waals surface area contributed by atoms with Gasteiger partial charge >= 0.3 is 0 Å². The second-order valence-electron chi connectivity index (χ2n) is 20.7. The van der Waals surface area contributed by atoms with Crippen LogP contribution in [0.25, 0.3) is 58.8 Å². The molecule has 6 heteroatoms. The smallest absolute Gasteiger partial charge is 0.252 e. The summed E-state index contributed by atoms with van der Waals surface area (Å²) < 4.78 is 11.1. The van der Waals surface area contributed by atoms with Gasteiger partial charge in [-0.25, -0.2) is 0 Å². The van der Waals surface area contributed by atoms with Crippen molar-refractivity contribution in [2.75, 3.05) is 9.80 Å². The van der Waals surface area contributed by atoms with Crippen LogP contribution in [0.3, 0.4) is 0 Å². The standard InChI is InChI=1S/C60H50BN3OS/c1-35-17-9-12-23-46(35)62(47-24-13-10-18-36(47)2)39-28-30-44-49(34-39)63(48-25-16-20-41-40-29-27-37(59(3,4)5)33-52(40)65-57(41)48)50-31-38(60(6,7)8)32-51-55(50)61(44)45-22-15-21-43-54-42-19-11-14-26-53(42)66-58(54)64(51)56(43)45/h9-34H,1-8H3. The summed E-state index contributed by atoms with van der Waals surface area (Å²) in [5, 5.41) is 6.25. The minimum Gasteiger partial charge on any atom is -0.454 e. The second kappa shape index (κ2) is 13.8. The number of aromatic nitrogens is 1. The average molecular weight is 872 g/mol. The van der Waals surface area contributed by atoms with Gasteiger partial charge in [-0.15, -0.1) is 11.3 Å². The lowest BCUT2D eigenvalue weighted by Gasteiger charge is -2.42. The van der Waals surface area contributed by atoms with Crippen LogP contribution >= 0.6 is 11.3 Å². The van der Waals surface area contributed by atoms with Gasteiger partial charge in [-0.2, -0.15) is 0 Å². The number of rotatable bonds is 4. The minimum absolute atomic E-state index is 0.00891. The largest absolute Gasteiger partial charge is 0.454 e. The van der Waals surface area contributed by atoms with E-state index in [4.69, 9.17) is 4.42 Å². The fraction of sp³-hybridized carbons (Fsp3) is 0.167. The van der Waals surface area contributed by atoms with E-state index in [1.165, 1.54) is 81.2 Å². The molecular weight excluding hydrogens is 822 g/mol. The molecule has 0 amide bonds. The van der Waals surface area contributed by atoms with E-state index in [9.17, 15) is 0 Å². The molecule has 2 aliphatic heterocycles. The molecule has 4 nitrogen and oxygen atoms in total. The summed E-state index contributed by atoms with van der Waals surface area (Å²) >= 11 is 1.91. The first-order chi connectivity index (χ1) is 31.8. The molecule has 320 valence electrons. The first-order valence-electron chi connectivity index (χ1n) is 23.3. The Labute approximate surface area is 390 Å². The number of aryl methyl sites for hydroxylation is 2. The predicted molar refractivity (Wildman–Crippen MR) is 284 cm³/mol. The van der Waals surface area contributed by atoms with Gasteiger partial charge in [0.25, 0.3) is 6.71 Å². The van der Waals surface area contributed by atoms with Crippen molar-refractivity contribution in [3.63, 3.8) is 0 Å². The lowest BCUT2D eigenvalue weighted by atomic mass is 9.33. The number of fused-ring (bicyclic) bond motifs is 12. The van der Waals surface area contributed by atoms with Crippen molar-refractivity contribution in [2.45, 2.75) is 66.2 Å². The van der Waals surface area contributed by atoms with Crippen molar-refractivity contribution < 1.29 is 4.42 Å². The van der Waals surface area contributed by atoms with E-state index in [1.807, 2.05) is 11.3 Å². The van der Waals surface area contributed by atoms with Crippen LogP contribution in [0.4, 0.5) is 34.1 Å². The van der Waals surface area contributed by atoms with E-state index < -0.39 is 0 Å². The SMILES string of the molecule is Cc1ccccc1N(c1ccc2c(c1)N(c1cccc3c1oc1cc(C(C)(C)C)ccc13)c1cc(C(C)(C)C)cc3c1B2c1cccc2c4c5ccccc5sc4n-3c12)c1ccccc1C. The monoisotopic (exact) mass is 871 g/mol. The van der Waals surface area contributed by atoms with Gasteiger partial charge in [-0.3, -0.25) is 0 Å². The van der Waals surface area contributed by atoms with E-state index in [1.54, 1.807) is 0 Å². The van der Waals surface area contributed by atoms with E-state index in [2.05, 4.69) is 227 Å². The van der Waals surface area contributed by atoms with Crippen molar-refractivity contribution in [1.82, 2.24) is 4.57 Å². The number of benzene rings is 8. The zero-order valence-corrected chi connectivity index (χ0v) is 39.6.